The molecule has 7 heteroatoms. The summed E-state index contributed by atoms with van der Waals surface area (Å²) in [5.74, 6) is -0.898. The third-order valence-corrected chi connectivity index (χ3v) is 5.71. The second kappa shape index (κ2) is 9.68. The van der Waals surface area contributed by atoms with Crippen LogP contribution < -0.4 is 15.0 Å². The van der Waals surface area contributed by atoms with Crippen molar-refractivity contribution >= 4 is 17.5 Å². The zero-order valence-electron chi connectivity index (χ0n) is 17.8. The molecule has 0 bridgehead atoms. The van der Waals surface area contributed by atoms with Crippen LogP contribution in [0.4, 0.5) is 10.1 Å². The van der Waals surface area contributed by atoms with Gasteiger partial charge in [-0.3, -0.25) is 14.5 Å². The van der Waals surface area contributed by atoms with Crippen molar-refractivity contribution in [3.05, 3.63) is 84.1 Å². The van der Waals surface area contributed by atoms with E-state index < -0.39 is 23.7 Å². The fraction of sp³-hybridized carbons (Fsp3) is 0.280. The van der Waals surface area contributed by atoms with Gasteiger partial charge in [-0.25, -0.2) is 4.39 Å². The average molecular weight is 436 g/mol. The van der Waals surface area contributed by atoms with Crippen LogP contribution in [-0.4, -0.2) is 25.0 Å². The highest BCUT2D eigenvalue weighted by Gasteiger charge is 2.37. The number of halogens is 1. The Morgan fingerprint density at radius 3 is 2.41 bits per heavy atom. The van der Waals surface area contributed by atoms with Crippen molar-refractivity contribution in [1.82, 2.24) is 5.32 Å². The fourth-order valence-corrected chi connectivity index (χ4v) is 4.09. The number of carbonyl (C=O) groups excluding carboxylic acids is 2. The maximum atomic E-state index is 15.0. The van der Waals surface area contributed by atoms with Gasteiger partial charge in [-0.1, -0.05) is 31.0 Å². The van der Waals surface area contributed by atoms with Crippen LogP contribution in [0.3, 0.4) is 0 Å². The van der Waals surface area contributed by atoms with Gasteiger partial charge in [0, 0.05) is 17.3 Å². The number of hydrogen-bond acceptors (Lipinski definition) is 4. The number of rotatable bonds is 7. The van der Waals surface area contributed by atoms with Crippen molar-refractivity contribution in [2.24, 2.45) is 0 Å². The van der Waals surface area contributed by atoms with Crippen molar-refractivity contribution in [2.75, 3.05) is 12.0 Å². The second-order valence-electron chi connectivity index (χ2n) is 7.76. The minimum Gasteiger partial charge on any atom is -0.497 e. The summed E-state index contributed by atoms with van der Waals surface area (Å²) in [6.07, 6.45) is 5.18. The molecule has 1 heterocycles. The number of furan rings is 1. The molecule has 3 aromatic rings. The molecule has 0 spiro atoms. The van der Waals surface area contributed by atoms with Crippen LogP contribution in [0.5, 0.6) is 5.75 Å². The predicted molar refractivity (Wildman–Crippen MR) is 118 cm³/mol. The molecule has 4 rings (SSSR count). The van der Waals surface area contributed by atoms with E-state index in [1.807, 2.05) is 0 Å². The Hall–Kier alpha value is -3.61. The van der Waals surface area contributed by atoms with E-state index in [2.05, 4.69) is 5.32 Å². The normalized spacial score (nSPS) is 14.7. The third-order valence-electron chi connectivity index (χ3n) is 5.71. The van der Waals surface area contributed by atoms with Gasteiger partial charge in [0.25, 0.3) is 5.91 Å². The molecule has 0 unspecified atom stereocenters. The van der Waals surface area contributed by atoms with E-state index in [-0.39, 0.29) is 17.4 Å². The summed E-state index contributed by atoms with van der Waals surface area (Å²) >= 11 is 0. The quantitative estimate of drug-likeness (QED) is 0.573. The molecule has 0 radical (unpaired) electrons. The summed E-state index contributed by atoms with van der Waals surface area (Å²) in [5.41, 5.74) is 0.528. The first kappa shape index (κ1) is 21.6. The van der Waals surface area contributed by atoms with Crippen LogP contribution in [0.2, 0.25) is 0 Å². The molecule has 166 valence electrons. The molecule has 1 fully saturated rings. The third kappa shape index (κ3) is 4.51. The van der Waals surface area contributed by atoms with Crippen molar-refractivity contribution < 1.29 is 23.1 Å². The molecule has 1 aliphatic rings. The van der Waals surface area contributed by atoms with E-state index in [1.54, 1.807) is 42.5 Å². The maximum Gasteiger partial charge on any atom is 0.294 e. The summed E-state index contributed by atoms with van der Waals surface area (Å²) < 4.78 is 25.5. The highest BCUT2D eigenvalue weighted by molar-refractivity contribution is 6.08. The zero-order chi connectivity index (χ0) is 22.5. The number of nitrogens with zero attached hydrogens (tertiary/aromatic N) is 1. The van der Waals surface area contributed by atoms with Crippen molar-refractivity contribution in [2.45, 2.75) is 37.8 Å². The first-order valence-corrected chi connectivity index (χ1v) is 10.6. The van der Waals surface area contributed by atoms with Gasteiger partial charge in [0.05, 0.1) is 13.4 Å². The number of methoxy groups -OCH3 is 1. The first-order chi connectivity index (χ1) is 15.6. The number of amides is 2. The van der Waals surface area contributed by atoms with Gasteiger partial charge in [-0.15, -0.1) is 0 Å². The average Bonchev–Trinajstić information content (AvgIpc) is 3.52. The molecular weight excluding hydrogens is 411 g/mol. The van der Waals surface area contributed by atoms with Crippen LogP contribution in [0, 0.1) is 5.82 Å². The monoisotopic (exact) mass is 436 g/mol. The minimum absolute atomic E-state index is 0.00760. The molecule has 1 N–H and O–H groups in total. The lowest BCUT2D eigenvalue weighted by molar-refractivity contribution is -0.123. The highest BCUT2D eigenvalue weighted by Crippen LogP contribution is 2.33. The molecule has 2 amide bonds. The first-order valence-electron chi connectivity index (χ1n) is 10.6. The van der Waals surface area contributed by atoms with Crippen molar-refractivity contribution in [3.63, 3.8) is 0 Å². The van der Waals surface area contributed by atoms with Gasteiger partial charge < -0.3 is 14.5 Å². The number of carbonyl (C=O) groups is 2. The Kier molecular flexibility index (Phi) is 6.54. The van der Waals surface area contributed by atoms with E-state index in [0.717, 1.165) is 25.7 Å². The van der Waals surface area contributed by atoms with Gasteiger partial charge in [-0.2, -0.15) is 0 Å². The van der Waals surface area contributed by atoms with Crippen LogP contribution in [0.1, 0.15) is 47.8 Å². The molecule has 2 aromatic carbocycles. The van der Waals surface area contributed by atoms with Crippen LogP contribution in [0.15, 0.2) is 71.3 Å². The fourth-order valence-electron chi connectivity index (χ4n) is 4.09. The number of anilines is 1. The molecule has 1 saturated carbocycles. The lowest BCUT2D eigenvalue weighted by Crippen LogP contribution is -2.46. The Morgan fingerprint density at radius 1 is 1.06 bits per heavy atom. The van der Waals surface area contributed by atoms with Gasteiger partial charge >= 0.3 is 0 Å². The molecule has 0 saturated heterocycles. The Morgan fingerprint density at radius 2 is 1.78 bits per heavy atom. The zero-order valence-corrected chi connectivity index (χ0v) is 17.8. The van der Waals surface area contributed by atoms with Crippen molar-refractivity contribution in [3.8, 4) is 5.75 Å². The largest absolute Gasteiger partial charge is 0.497 e. The van der Waals surface area contributed by atoms with E-state index in [9.17, 15) is 14.0 Å². The Balaban J connectivity index is 1.81. The summed E-state index contributed by atoms with van der Waals surface area (Å²) in [4.78, 5) is 28.3. The topological polar surface area (TPSA) is 71.8 Å². The molecular formula is C25H25FN2O4. The predicted octanol–water partition coefficient (Wildman–Crippen LogP) is 4.87. The molecule has 1 atom stereocenters. The summed E-state index contributed by atoms with van der Waals surface area (Å²) in [5, 5.41) is 3.02. The molecule has 1 aliphatic carbocycles. The van der Waals surface area contributed by atoms with Crippen LogP contribution in [0.25, 0.3) is 0 Å². The van der Waals surface area contributed by atoms with E-state index in [0.29, 0.717) is 11.4 Å². The van der Waals surface area contributed by atoms with Crippen LogP contribution >= 0.6 is 0 Å². The van der Waals surface area contributed by atoms with Crippen molar-refractivity contribution in [1.29, 1.82) is 0 Å². The van der Waals surface area contributed by atoms with Gasteiger partial charge in [0.15, 0.2) is 5.76 Å². The number of ether oxygens (including phenoxy) is 1. The van der Waals surface area contributed by atoms with Gasteiger partial charge in [-0.05, 0) is 55.3 Å². The van der Waals surface area contributed by atoms with Crippen LogP contribution in [-0.2, 0) is 4.79 Å². The number of hydrogen-bond donors (Lipinski definition) is 1. The summed E-state index contributed by atoms with van der Waals surface area (Å²) in [6.45, 7) is 0. The lowest BCUT2D eigenvalue weighted by Gasteiger charge is -2.32. The SMILES string of the molecule is COc1ccc(N(C(=O)c2ccco2)[C@@H](C(=O)NC2CCCC2)c2ccccc2F)cc1. The van der Waals surface area contributed by atoms with E-state index in [1.165, 1.54) is 36.5 Å². The van der Waals surface area contributed by atoms with Gasteiger partial charge in [0.1, 0.15) is 17.6 Å². The standard InChI is InChI=1S/C25H25FN2O4/c1-31-19-14-12-18(13-15-19)28(25(30)22-11-6-16-32-22)23(20-9-4-5-10-21(20)26)24(29)27-17-7-2-3-8-17/h4-6,9-17,23H,2-3,7-8H2,1H3,(H,27,29)/t23-/m1/s1. The van der Waals surface area contributed by atoms with E-state index >= 15 is 0 Å². The molecule has 6 nitrogen and oxygen atoms in total. The molecule has 0 aliphatic heterocycles. The van der Waals surface area contributed by atoms with Gasteiger partial charge in [0.2, 0.25) is 5.91 Å². The summed E-state index contributed by atoms with van der Waals surface area (Å²) in [6, 6.07) is 14.6. The lowest BCUT2D eigenvalue weighted by atomic mass is 10.0. The second-order valence-corrected chi connectivity index (χ2v) is 7.76. The smallest absolute Gasteiger partial charge is 0.294 e. The van der Waals surface area contributed by atoms with E-state index in [4.69, 9.17) is 9.15 Å². The summed E-state index contributed by atoms with van der Waals surface area (Å²) in [7, 11) is 1.54. The molecule has 32 heavy (non-hydrogen) atoms. The Labute approximate surface area is 186 Å². The number of nitrogens with one attached hydrogen (secondary N) is 1. The highest BCUT2D eigenvalue weighted by atomic mass is 19.1. The molecule has 1 aromatic heterocycles. The Bertz CT molecular complexity index is 1060. The number of benzene rings is 2. The maximum absolute atomic E-state index is 15.0. The minimum atomic E-state index is -1.22.